The van der Waals surface area contributed by atoms with E-state index in [2.05, 4.69) is 10.6 Å². The minimum absolute atomic E-state index is 0.0458. The highest BCUT2D eigenvalue weighted by Gasteiger charge is 2.27. The maximum Gasteiger partial charge on any atom is 0.329 e. The molecule has 0 unspecified atom stereocenters. The van der Waals surface area contributed by atoms with Crippen molar-refractivity contribution in [3.05, 3.63) is 48.3 Å². The lowest BCUT2D eigenvalue weighted by Crippen LogP contribution is -2.47. The van der Waals surface area contributed by atoms with E-state index in [4.69, 9.17) is 13.6 Å². The first-order valence-corrected chi connectivity index (χ1v) is 8.48. The van der Waals surface area contributed by atoms with Gasteiger partial charge in [0.15, 0.2) is 12.4 Å². The van der Waals surface area contributed by atoms with Gasteiger partial charge in [0, 0.05) is 0 Å². The van der Waals surface area contributed by atoms with E-state index in [0.717, 1.165) is 0 Å². The molecule has 0 spiro atoms. The van der Waals surface area contributed by atoms with Crippen LogP contribution < -0.4 is 16.0 Å². The summed E-state index contributed by atoms with van der Waals surface area (Å²) in [5.41, 5.74) is 0. The predicted octanol–water partition coefficient (Wildman–Crippen LogP) is 1.20. The third-order valence-corrected chi connectivity index (χ3v) is 3.55. The van der Waals surface area contributed by atoms with Crippen LogP contribution in [0, 0.1) is 5.92 Å². The molecule has 0 fully saturated rings. The van der Waals surface area contributed by atoms with E-state index < -0.39 is 36.5 Å². The second-order valence-electron chi connectivity index (χ2n) is 6.09. The molecule has 28 heavy (non-hydrogen) atoms. The zero-order chi connectivity index (χ0) is 20.5. The first-order chi connectivity index (χ1) is 13.4. The summed E-state index contributed by atoms with van der Waals surface area (Å²) in [4.78, 5) is 47.6. The molecule has 0 aliphatic heterocycles. The molecule has 150 valence electrons. The highest BCUT2D eigenvalue weighted by molar-refractivity contribution is 5.97. The molecular weight excluding hydrogens is 370 g/mol. The number of rotatable bonds is 8. The maximum absolute atomic E-state index is 12.2. The molecule has 0 saturated heterocycles. The van der Waals surface area contributed by atoms with Crippen molar-refractivity contribution >= 4 is 23.8 Å². The number of esters is 1. The van der Waals surface area contributed by atoms with Gasteiger partial charge in [-0.2, -0.15) is 0 Å². The summed E-state index contributed by atoms with van der Waals surface area (Å²) >= 11 is 0. The molecular formula is C18H21N3O7. The van der Waals surface area contributed by atoms with Crippen LogP contribution in [0.2, 0.25) is 0 Å². The van der Waals surface area contributed by atoms with Gasteiger partial charge in [0.1, 0.15) is 11.8 Å². The number of urea groups is 1. The average Bonchev–Trinajstić information content (AvgIpc) is 3.35. The van der Waals surface area contributed by atoms with Gasteiger partial charge in [-0.1, -0.05) is 13.8 Å². The third-order valence-electron chi connectivity index (χ3n) is 3.55. The van der Waals surface area contributed by atoms with E-state index >= 15 is 0 Å². The van der Waals surface area contributed by atoms with Gasteiger partial charge >= 0.3 is 12.0 Å². The van der Waals surface area contributed by atoms with E-state index in [9.17, 15) is 19.2 Å². The molecule has 0 aromatic carbocycles. The molecule has 1 atom stereocenters. The summed E-state index contributed by atoms with van der Waals surface area (Å²) in [6.07, 6.45) is 2.79. The number of nitrogens with one attached hydrogen (secondary N) is 3. The minimum atomic E-state index is -0.988. The van der Waals surface area contributed by atoms with Gasteiger partial charge in [-0.25, -0.2) is 9.59 Å². The summed E-state index contributed by atoms with van der Waals surface area (Å²) in [7, 11) is 0. The first-order valence-electron chi connectivity index (χ1n) is 8.48. The molecule has 0 aliphatic rings. The van der Waals surface area contributed by atoms with Crippen LogP contribution in [0.25, 0.3) is 0 Å². The monoisotopic (exact) mass is 391 g/mol. The van der Waals surface area contributed by atoms with Crippen molar-refractivity contribution in [1.29, 1.82) is 0 Å². The Bertz CT molecular complexity index is 797. The molecule has 0 radical (unpaired) electrons. The molecule has 0 bridgehead atoms. The van der Waals surface area contributed by atoms with E-state index in [-0.39, 0.29) is 18.2 Å². The minimum Gasteiger partial charge on any atom is -0.467 e. The van der Waals surface area contributed by atoms with Crippen LogP contribution in [-0.4, -0.2) is 36.5 Å². The Morgan fingerprint density at radius 2 is 1.79 bits per heavy atom. The molecule has 2 rings (SSSR count). The van der Waals surface area contributed by atoms with E-state index in [1.807, 2.05) is 5.32 Å². The Labute approximate surface area is 160 Å². The van der Waals surface area contributed by atoms with Gasteiger partial charge < -0.3 is 24.2 Å². The SMILES string of the molecule is CC(C)[C@@H](NC(=O)c1ccco1)C(=O)OCC(=O)NC(=O)NCc1ccco1. The molecule has 2 heterocycles. The number of imide groups is 1. The lowest BCUT2D eigenvalue weighted by molar-refractivity contribution is -0.151. The van der Waals surface area contributed by atoms with E-state index in [1.165, 1.54) is 18.6 Å². The Balaban J connectivity index is 1.76. The molecule has 10 nitrogen and oxygen atoms in total. The Morgan fingerprint density at radius 3 is 2.39 bits per heavy atom. The van der Waals surface area contributed by atoms with Gasteiger partial charge in [-0.15, -0.1) is 0 Å². The van der Waals surface area contributed by atoms with Gasteiger partial charge in [0.2, 0.25) is 0 Å². The van der Waals surface area contributed by atoms with Crippen LogP contribution in [0.3, 0.4) is 0 Å². The number of carbonyl (C=O) groups is 4. The second-order valence-corrected chi connectivity index (χ2v) is 6.09. The van der Waals surface area contributed by atoms with Crippen molar-refractivity contribution in [3.8, 4) is 0 Å². The van der Waals surface area contributed by atoms with E-state index in [1.54, 1.807) is 32.0 Å². The lowest BCUT2D eigenvalue weighted by Gasteiger charge is -2.20. The van der Waals surface area contributed by atoms with Crippen LogP contribution in [-0.2, 0) is 20.9 Å². The van der Waals surface area contributed by atoms with Crippen LogP contribution in [0.5, 0.6) is 0 Å². The maximum atomic E-state index is 12.2. The van der Waals surface area contributed by atoms with Crippen molar-refractivity contribution < 1.29 is 32.7 Å². The molecule has 4 amide bonds. The van der Waals surface area contributed by atoms with Gasteiger partial charge in [-0.05, 0) is 30.2 Å². The second kappa shape index (κ2) is 9.95. The molecule has 2 aromatic rings. The van der Waals surface area contributed by atoms with Gasteiger partial charge in [0.05, 0.1) is 19.1 Å². The quantitative estimate of drug-likeness (QED) is 0.574. The average molecular weight is 391 g/mol. The fourth-order valence-electron chi connectivity index (χ4n) is 2.13. The molecule has 3 N–H and O–H groups in total. The van der Waals surface area contributed by atoms with Crippen molar-refractivity contribution in [1.82, 2.24) is 16.0 Å². The Kier molecular flexibility index (Phi) is 7.37. The van der Waals surface area contributed by atoms with Gasteiger partial charge in [-0.3, -0.25) is 14.9 Å². The number of hydrogen-bond acceptors (Lipinski definition) is 7. The molecule has 2 aromatic heterocycles. The number of furan rings is 2. The molecule has 0 saturated carbocycles. The summed E-state index contributed by atoms with van der Waals surface area (Å²) < 4.78 is 14.9. The fourth-order valence-corrected chi connectivity index (χ4v) is 2.13. The van der Waals surface area contributed by atoms with Crippen LogP contribution >= 0.6 is 0 Å². The highest BCUT2D eigenvalue weighted by Crippen LogP contribution is 2.07. The first kappa shape index (κ1) is 20.7. The number of amides is 4. The van der Waals surface area contributed by atoms with Crippen molar-refractivity contribution in [2.24, 2.45) is 5.92 Å². The smallest absolute Gasteiger partial charge is 0.329 e. The normalized spacial score (nSPS) is 11.5. The number of carbonyl (C=O) groups excluding carboxylic acids is 4. The summed E-state index contributed by atoms with van der Waals surface area (Å²) in [6.45, 7) is 2.83. The standard InChI is InChI=1S/C18H21N3O7/c1-11(2)15(21-16(23)13-6-4-8-27-13)17(24)28-10-14(22)20-18(25)19-9-12-5-3-7-26-12/h3-8,11,15H,9-10H2,1-2H3,(H,21,23)(H2,19,20,22,25)/t15-/m1/s1. The lowest BCUT2D eigenvalue weighted by atomic mass is 10.0. The Hall–Kier alpha value is -3.56. The summed E-state index contributed by atoms with van der Waals surface area (Å²) in [5.74, 6) is -1.94. The third kappa shape index (κ3) is 6.31. The van der Waals surface area contributed by atoms with Crippen molar-refractivity contribution in [2.75, 3.05) is 6.61 Å². The largest absolute Gasteiger partial charge is 0.467 e. The van der Waals surface area contributed by atoms with Crippen LogP contribution in [0.1, 0.15) is 30.2 Å². The van der Waals surface area contributed by atoms with Crippen molar-refractivity contribution in [3.63, 3.8) is 0 Å². The number of hydrogen-bond donors (Lipinski definition) is 3. The van der Waals surface area contributed by atoms with Crippen LogP contribution in [0.4, 0.5) is 4.79 Å². The molecule has 0 aliphatic carbocycles. The van der Waals surface area contributed by atoms with Gasteiger partial charge in [0.25, 0.3) is 11.8 Å². The zero-order valence-electron chi connectivity index (χ0n) is 15.4. The summed E-state index contributed by atoms with van der Waals surface area (Å²) in [5, 5.41) is 6.92. The number of ether oxygens (including phenoxy) is 1. The van der Waals surface area contributed by atoms with Crippen molar-refractivity contribution in [2.45, 2.75) is 26.4 Å². The van der Waals surface area contributed by atoms with Crippen LogP contribution in [0.15, 0.2) is 45.6 Å². The summed E-state index contributed by atoms with van der Waals surface area (Å²) in [6, 6.07) is 4.57. The fraction of sp³-hybridized carbons (Fsp3) is 0.333. The topological polar surface area (TPSA) is 140 Å². The highest BCUT2D eigenvalue weighted by atomic mass is 16.5. The Morgan fingerprint density at radius 1 is 1.07 bits per heavy atom. The zero-order valence-corrected chi connectivity index (χ0v) is 15.4. The van der Waals surface area contributed by atoms with E-state index in [0.29, 0.717) is 5.76 Å². The molecule has 10 heteroatoms. The predicted molar refractivity (Wildman–Crippen MR) is 94.8 cm³/mol.